The summed E-state index contributed by atoms with van der Waals surface area (Å²) in [5.74, 6) is -5.84. The van der Waals surface area contributed by atoms with Crippen molar-refractivity contribution >= 4 is 52.3 Å². The highest BCUT2D eigenvalue weighted by molar-refractivity contribution is 6.32. The van der Waals surface area contributed by atoms with Gasteiger partial charge in [-0.3, -0.25) is 24.1 Å². The zero-order chi connectivity index (χ0) is 34.4. The Hall–Kier alpha value is -4.54. The second-order valence-corrected chi connectivity index (χ2v) is 14.3. The minimum absolute atomic E-state index is 0.00971. The molecule has 3 aromatic carbocycles. The van der Waals surface area contributed by atoms with Crippen molar-refractivity contribution in [3.8, 4) is 5.75 Å². The topological polar surface area (TPSA) is 107 Å². The number of aromatic hydroxyl groups is 1. The van der Waals surface area contributed by atoms with E-state index in [-0.39, 0.29) is 41.1 Å². The number of halogens is 2. The number of anilines is 3. The van der Waals surface area contributed by atoms with Gasteiger partial charge in [-0.05, 0) is 80.6 Å². The van der Waals surface area contributed by atoms with E-state index in [2.05, 4.69) is 4.90 Å². The highest BCUT2D eigenvalue weighted by Crippen LogP contribution is 2.64. The van der Waals surface area contributed by atoms with Gasteiger partial charge >= 0.3 is 0 Å². The zero-order valence-corrected chi connectivity index (χ0v) is 27.8. The van der Waals surface area contributed by atoms with E-state index in [0.29, 0.717) is 30.0 Å². The lowest BCUT2D eigenvalue weighted by Crippen LogP contribution is -2.49. The van der Waals surface area contributed by atoms with Crippen LogP contribution in [0.1, 0.15) is 36.8 Å². The van der Waals surface area contributed by atoms with Crippen LogP contribution < -0.4 is 14.7 Å². The smallest absolute Gasteiger partial charge is 0.241 e. The van der Waals surface area contributed by atoms with Gasteiger partial charge in [0.1, 0.15) is 11.6 Å². The van der Waals surface area contributed by atoms with Crippen LogP contribution in [-0.2, 0) is 23.9 Å². The second kappa shape index (κ2) is 11.5. The maximum absolute atomic E-state index is 14.6. The van der Waals surface area contributed by atoms with E-state index in [1.807, 2.05) is 18.2 Å². The molecule has 5 aliphatic rings. The molecule has 0 spiro atoms. The summed E-state index contributed by atoms with van der Waals surface area (Å²) in [5, 5.41) is 11.2. The Bertz CT molecular complexity index is 1960. The number of carbonyl (C=O) groups is 4. The first-order valence-corrected chi connectivity index (χ1v) is 17.0. The number of morpholine rings is 1. The predicted octanol–water partition coefficient (Wildman–Crippen LogP) is 5.77. The lowest BCUT2D eigenvalue weighted by molar-refractivity contribution is -0.131. The summed E-state index contributed by atoms with van der Waals surface area (Å²) in [4.78, 5) is 61.9. The molecule has 3 heterocycles. The molecule has 0 radical (unpaired) electrons. The van der Waals surface area contributed by atoms with Crippen LogP contribution in [0.5, 0.6) is 5.75 Å². The normalized spacial score (nSPS) is 29.6. The van der Waals surface area contributed by atoms with Gasteiger partial charge in [-0.15, -0.1) is 0 Å². The number of aryl methyl sites for hydroxylation is 1. The fourth-order valence-electron chi connectivity index (χ4n) is 9.03. The fourth-order valence-corrected chi connectivity index (χ4v) is 9.21. The number of hydrogen-bond donors (Lipinski definition) is 1. The number of para-hydroxylation sites is 1. The summed E-state index contributed by atoms with van der Waals surface area (Å²) in [7, 11) is 0. The molecule has 3 saturated heterocycles. The third-order valence-electron chi connectivity index (χ3n) is 11.5. The van der Waals surface area contributed by atoms with Gasteiger partial charge in [-0.1, -0.05) is 41.4 Å². The highest BCUT2D eigenvalue weighted by Gasteiger charge is 2.68. The molecular weight excluding hydrogens is 649 g/mol. The third-order valence-corrected chi connectivity index (χ3v) is 11.8. The molecular formula is C38H35ClFN3O6. The first kappa shape index (κ1) is 31.7. The number of fused-ring (bicyclic) bond motifs is 4. The van der Waals surface area contributed by atoms with E-state index < -0.39 is 52.6 Å². The molecule has 11 heteroatoms. The molecule has 252 valence electrons. The lowest BCUT2D eigenvalue weighted by atomic mass is 9.51. The monoisotopic (exact) mass is 683 g/mol. The number of benzene rings is 3. The molecule has 0 bridgehead atoms. The quantitative estimate of drug-likeness (QED) is 0.275. The van der Waals surface area contributed by atoms with Gasteiger partial charge in [-0.25, -0.2) is 9.29 Å². The molecule has 9 nitrogen and oxygen atoms in total. The Balaban J connectivity index is 1.20. The predicted molar refractivity (Wildman–Crippen MR) is 181 cm³/mol. The molecule has 4 fully saturated rings. The van der Waals surface area contributed by atoms with Crippen LogP contribution in [0.15, 0.2) is 72.3 Å². The number of amides is 4. The van der Waals surface area contributed by atoms with Crippen LogP contribution in [0.2, 0.25) is 5.02 Å². The molecule has 49 heavy (non-hydrogen) atoms. The van der Waals surface area contributed by atoms with Gasteiger partial charge in [0.05, 0.1) is 52.8 Å². The largest absolute Gasteiger partial charge is 0.507 e. The van der Waals surface area contributed by atoms with Crippen molar-refractivity contribution in [1.29, 1.82) is 0 Å². The van der Waals surface area contributed by atoms with Crippen LogP contribution in [0.4, 0.5) is 21.5 Å². The molecule has 2 aliphatic carbocycles. The molecule has 6 unspecified atom stereocenters. The highest BCUT2D eigenvalue weighted by atomic mass is 35.5. The number of ether oxygens (including phenoxy) is 1. The summed E-state index contributed by atoms with van der Waals surface area (Å²) in [6.45, 7) is 6.28. The van der Waals surface area contributed by atoms with Gasteiger partial charge in [0.15, 0.2) is 0 Å². The summed E-state index contributed by atoms with van der Waals surface area (Å²) < 4.78 is 19.6. The number of rotatable bonds is 4. The van der Waals surface area contributed by atoms with Gasteiger partial charge in [0.2, 0.25) is 23.6 Å². The van der Waals surface area contributed by atoms with Crippen molar-refractivity contribution in [3.05, 3.63) is 94.3 Å². The Kier molecular flexibility index (Phi) is 7.46. The number of carbonyl (C=O) groups excluding carboxylic acids is 4. The van der Waals surface area contributed by atoms with Gasteiger partial charge in [-0.2, -0.15) is 0 Å². The third kappa shape index (κ3) is 4.60. The molecule has 4 amide bonds. The number of nitrogens with zero attached hydrogens (tertiary/aromatic N) is 3. The average Bonchev–Trinajstić information content (AvgIpc) is 3.47. The molecule has 1 saturated carbocycles. The minimum Gasteiger partial charge on any atom is -0.507 e. The molecule has 0 aromatic heterocycles. The maximum Gasteiger partial charge on any atom is 0.241 e. The van der Waals surface area contributed by atoms with E-state index in [1.165, 1.54) is 17.0 Å². The molecule has 8 rings (SSSR count). The Labute approximate surface area is 287 Å². The van der Waals surface area contributed by atoms with Crippen molar-refractivity contribution in [1.82, 2.24) is 0 Å². The van der Waals surface area contributed by atoms with Crippen molar-refractivity contribution in [2.75, 3.05) is 41.0 Å². The van der Waals surface area contributed by atoms with Crippen LogP contribution in [0.3, 0.4) is 0 Å². The van der Waals surface area contributed by atoms with Crippen LogP contribution in [0, 0.1) is 41.8 Å². The molecule has 6 atom stereocenters. The SMILES string of the molecule is Cc1cccc(C2C3=CCC4C(=O)N(c5ccc(N6CCOCC6)cc5)C(=O)C4C3CC3C(=O)N(c4ccc(F)c(Cl)c4)C(=O)C32C)c1O. The first-order valence-electron chi connectivity index (χ1n) is 16.6. The van der Waals surface area contributed by atoms with E-state index in [1.54, 1.807) is 44.2 Å². The molecule has 3 aliphatic heterocycles. The van der Waals surface area contributed by atoms with Crippen LogP contribution in [-0.4, -0.2) is 55.0 Å². The Morgan fingerprint density at radius 2 is 1.57 bits per heavy atom. The lowest BCUT2D eigenvalue weighted by Gasteiger charge is -2.49. The second-order valence-electron chi connectivity index (χ2n) is 13.9. The maximum atomic E-state index is 14.6. The van der Waals surface area contributed by atoms with Crippen LogP contribution >= 0.6 is 11.6 Å². The Morgan fingerprint density at radius 1 is 0.878 bits per heavy atom. The van der Waals surface area contributed by atoms with E-state index in [9.17, 15) is 28.7 Å². The molecule has 1 N–H and O–H groups in total. The van der Waals surface area contributed by atoms with Gasteiger partial charge < -0.3 is 14.7 Å². The number of phenols is 1. The van der Waals surface area contributed by atoms with Crippen molar-refractivity contribution < 1.29 is 33.4 Å². The van der Waals surface area contributed by atoms with Gasteiger partial charge in [0.25, 0.3) is 0 Å². The van der Waals surface area contributed by atoms with E-state index in [4.69, 9.17) is 16.3 Å². The number of hydrogen-bond acceptors (Lipinski definition) is 7. The van der Waals surface area contributed by atoms with Crippen molar-refractivity contribution in [2.45, 2.75) is 32.6 Å². The standard InChI is InChI=1S/C38H35ClFN3O6/c1-20-4-3-5-26(33(20)44)32-24-11-12-25-31(36(47)42(34(25)45)22-8-6-21(7-9-22)41-14-16-49-17-15-41)27(24)19-28-35(46)43(37(48)38(28,32)2)23-10-13-30(40)29(39)18-23/h3-11,13,18,25,27-28,31-32,44H,12,14-17,19H2,1-2H3. The zero-order valence-electron chi connectivity index (χ0n) is 27.1. The fraction of sp³-hybridized carbons (Fsp3) is 0.368. The number of phenolic OH excluding ortho intramolecular Hbond substituents is 1. The summed E-state index contributed by atoms with van der Waals surface area (Å²) in [5.41, 5.74) is 2.13. The first-order chi connectivity index (χ1) is 23.5. The van der Waals surface area contributed by atoms with Crippen molar-refractivity contribution in [2.24, 2.45) is 29.1 Å². The summed E-state index contributed by atoms with van der Waals surface area (Å²) >= 11 is 6.09. The molecule has 3 aromatic rings. The van der Waals surface area contributed by atoms with E-state index in [0.717, 1.165) is 35.3 Å². The van der Waals surface area contributed by atoms with Gasteiger partial charge in [0, 0.05) is 30.3 Å². The minimum atomic E-state index is -1.35. The van der Waals surface area contributed by atoms with Crippen molar-refractivity contribution in [3.63, 3.8) is 0 Å². The van der Waals surface area contributed by atoms with Crippen LogP contribution in [0.25, 0.3) is 0 Å². The number of imide groups is 2. The summed E-state index contributed by atoms with van der Waals surface area (Å²) in [6, 6.07) is 16.4. The van der Waals surface area contributed by atoms with E-state index >= 15 is 0 Å². The summed E-state index contributed by atoms with van der Waals surface area (Å²) in [6.07, 6.45) is 2.39. The number of allylic oxidation sites excluding steroid dienone is 2. The average molecular weight is 684 g/mol. The Morgan fingerprint density at radius 3 is 2.29 bits per heavy atom.